The Hall–Kier alpha value is -3.88. The van der Waals surface area contributed by atoms with Crippen LogP contribution >= 0.6 is 0 Å². The van der Waals surface area contributed by atoms with Crippen LogP contribution in [0.3, 0.4) is 0 Å². The van der Waals surface area contributed by atoms with Crippen molar-refractivity contribution in [3.63, 3.8) is 0 Å². The first-order valence-electron chi connectivity index (χ1n) is 10.7. The molecule has 4 N–H and O–H groups in total. The van der Waals surface area contributed by atoms with Crippen LogP contribution in [0.4, 0.5) is 5.69 Å². The lowest BCUT2D eigenvalue weighted by Crippen LogP contribution is -2.43. The van der Waals surface area contributed by atoms with Crippen molar-refractivity contribution in [2.75, 3.05) is 18.6 Å². The standard InChI is InChI=1S/C24H28N4O5/c1-33-20-10-6-17(7-11-20)21(14-23(30)31)27-22(29)13-18-3-2-12-28(24(18)32)19-8-4-16(5-9-19)15-26-25/h4-11,15,18,21H,2-3,12-14,25H2,1H3,(H,27,29)(H,30,31). The molecule has 2 unspecified atom stereocenters. The van der Waals surface area contributed by atoms with Gasteiger partial charge < -0.3 is 25.9 Å². The molecule has 2 aromatic rings. The van der Waals surface area contributed by atoms with Gasteiger partial charge in [0.2, 0.25) is 11.8 Å². The number of piperidine rings is 1. The number of hydrogen-bond acceptors (Lipinski definition) is 6. The van der Waals surface area contributed by atoms with Gasteiger partial charge in [-0.3, -0.25) is 14.4 Å². The van der Waals surface area contributed by atoms with Gasteiger partial charge in [-0.25, -0.2) is 0 Å². The third-order valence-electron chi connectivity index (χ3n) is 5.64. The number of methoxy groups -OCH3 is 1. The van der Waals surface area contributed by atoms with E-state index in [2.05, 4.69) is 10.4 Å². The second kappa shape index (κ2) is 11.1. The van der Waals surface area contributed by atoms with Gasteiger partial charge in [0.05, 0.1) is 25.8 Å². The van der Waals surface area contributed by atoms with E-state index >= 15 is 0 Å². The molecule has 9 nitrogen and oxygen atoms in total. The summed E-state index contributed by atoms with van der Waals surface area (Å²) in [6.07, 6.45) is 2.63. The van der Waals surface area contributed by atoms with Gasteiger partial charge in [0.15, 0.2) is 0 Å². The van der Waals surface area contributed by atoms with Crippen molar-refractivity contribution in [3.05, 3.63) is 59.7 Å². The Morgan fingerprint density at radius 2 is 1.94 bits per heavy atom. The smallest absolute Gasteiger partial charge is 0.305 e. The lowest BCUT2D eigenvalue weighted by Gasteiger charge is -2.32. The Morgan fingerprint density at radius 1 is 1.24 bits per heavy atom. The van der Waals surface area contributed by atoms with Crippen LogP contribution in [0, 0.1) is 5.92 Å². The molecule has 1 fully saturated rings. The van der Waals surface area contributed by atoms with Crippen LogP contribution in [-0.4, -0.2) is 42.8 Å². The summed E-state index contributed by atoms with van der Waals surface area (Å²) in [6, 6.07) is 13.5. The largest absolute Gasteiger partial charge is 0.497 e. The molecular weight excluding hydrogens is 424 g/mol. The van der Waals surface area contributed by atoms with E-state index in [9.17, 15) is 19.5 Å². The van der Waals surface area contributed by atoms with Crippen LogP contribution in [0.1, 0.15) is 42.9 Å². The lowest BCUT2D eigenvalue weighted by molar-refractivity contribution is -0.138. The molecule has 3 rings (SSSR count). The Balaban J connectivity index is 1.66. The lowest BCUT2D eigenvalue weighted by atomic mass is 9.92. The molecule has 0 spiro atoms. The van der Waals surface area contributed by atoms with Crippen LogP contribution in [0.2, 0.25) is 0 Å². The maximum Gasteiger partial charge on any atom is 0.305 e. The zero-order valence-electron chi connectivity index (χ0n) is 18.4. The minimum Gasteiger partial charge on any atom is -0.497 e. The number of amides is 2. The molecule has 0 bridgehead atoms. The van der Waals surface area contributed by atoms with Gasteiger partial charge in [0.25, 0.3) is 0 Å². The summed E-state index contributed by atoms with van der Waals surface area (Å²) in [5.41, 5.74) is 2.23. The van der Waals surface area contributed by atoms with Crippen molar-refractivity contribution in [1.29, 1.82) is 0 Å². The quantitative estimate of drug-likeness (QED) is 0.304. The molecule has 2 aromatic carbocycles. The van der Waals surface area contributed by atoms with Gasteiger partial charge in [-0.05, 0) is 48.2 Å². The molecule has 2 atom stereocenters. The van der Waals surface area contributed by atoms with Crippen molar-refractivity contribution >= 4 is 29.7 Å². The van der Waals surface area contributed by atoms with E-state index in [4.69, 9.17) is 10.6 Å². The molecule has 2 amide bonds. The highest BCUT2D eigenvalue weighted by Crippen LogP contribution is 2.27. The predicted octanol–water partition coefficient (Wildman–Crippen LogP) is 2.45. The molecule has 1 aliphatic rings. The zero-order valence-corrected chi connectivity index (χ0v) is 18.4. The molecule has 1 aliphatic heterocycles. The topological polar surface area (TPSA) is 134 Å². The average Bonchev–Trinajstić information content (AvgIpc) is 2.81. The monoisotopic (exact) mass is 452 g/mol. The molecule has 1 heterocycles. The number of rotatable bonds is 9. The number of nitrogens with two attached hydrogens (primary N) is 1. The number of carbonyl (C=O) groups excluding carboxylic acids is 2. The van der Waals surface area contributed by atoms with Crippen LogP contribution in [0.15, 0.2) is 53.6 Å². The number of carboxylic acids is 1. The number of hydrogen-bond donors (Lipinski definition) is 3. The zero-order chi connectivity index (χ0) is 23.8. The SMILES string of the molecule is COc1ccc(C(CC(=O)O)NC(=O)CC2CCCN(c3ccc(C=NN)cc3)C2=O)cc1. The highest BCUT2D eigenvalue weighted by molar-refractivity contribution is 5.98. The number of ether oxygens (including phenoxy) is 1. The van der Waals surface area contributed by atoms with E-state index in [0.717, 1.165) is 17.7 Å². The molecule has 9 heteroatoms. The number of nitrogens with one attached hydrogen (secondary N) is 1. The molecule has 0 aliphatic carbocycles. The summed E-state index contributed by atoms with van der Waals surface area (Å²) in [4.78, 5) is 38.9. The van der Waals surface area contributed by atoms with Gasteiger partial charge in [-0.1, -0.05) is 24.3 Å². The van der Waals surface area contributed by atoms with Gasteiger partial charge in [-0.15, -0.1) is 0 Å². The molecule has 1 saturated heterocycles. The minimum absolute atomic E-state index is 0.000474. The molecule has 0 aromatic heterocycles. The third-order valence-corrected chi connectivity index (χ3v) is 5.64. The summed E-state index contributed by atoms with van der Waals surface area (Å²) < 4.78 is 5.13. The van der Waals surface area contributed by atoms with Gasteiger partial charge in [0.1, 0.15) is 5.75 Å². The van der Waals surface area contributed by atoms with E-state index < -0.39 is 17.9 Å². The van der Waals surface area contributed by atoms with E-state index in [1.165, 1.54) is 6.21 Å². The summed E-state index contributed by atoms with van der Waals surface area (Å²) in [7, 11) is 1.54. The molecule has 174 valence electrons. The number of carboxylic acid groups (broad SMARTS) is 1. The first kappa shape index (κ1) is 23.8. The summed E-state index contributed by atoms with van der Waals surface area (Å²) in [5, 5.41) is 15.6. The normalized spacial score (nSPS) is 17.1. The van der Waals surface area contributed by atoms with E-state index in [1.54, 1.807) is 36.3 Å². The first-order valence-corrected chi connectivity index (χ1v) is 10.7. The second-order valence-electron chi connectivity index (χ2n) is 7.89. The van der Waals surface area contributed by atoms with Crippen molar-refractivity contribution in [3.8, 4) is 5.75 Å². The Labute approximate surface area is 192 Å². The Morgan fingerprint density at radius 3 is 2.55 bits per heavy atom. The number of hydrazone groups is 1. The predicted molar refractivity (Wildman–Crippen MR) is 124 cm³/mol. The molecule has 0 saturated carbocycles. The number of carbonyl (C=O) groups is 3. The van der Waals surface area contributed by atoms with Crippen LogP contribution < -0.4 is 20.8 Å². The van der Waals surface area contributed by atoms with E-state index in [-0.39, 0.29) is 24.7 Å². The second-order valence-corrected chi connectivity index (χ2v) is 7.89. The number of nitrogens with zero attached hydrogens (tertiary/aromatic N) is 2. The number of aliphatic carboxylic acids is 1. The summed E-state index contributed by atoms with van der Waals surface area (Å²) in [6.45, 7) is 0.578. The molecule has 33 heavy (non-hydrogen) atoms. The van der Waals surface area contributed by atoms with Gasteiger partial charge >= 0.3 is 5.97 Å². The van der Waals surface area contributed by atoms with E-state index in [1.807, 2.05) is 24.3 Å². The third kappa shape index (κ3) is 6.31. The molecular formula is C24H28N4O5. The summed E-state index contributed by atoms with van der Waals surface area (Å²) >= 11 is 0. The number of anilines is 1. The van der Waals surface area contributed by atoms with Crippen LogP contribution in [-0.2, 0) is 14.4 Å². The highest BCUT2D eigenvalue weighted by Gasteiger charge is 2.32. The maximum atomic E-state index is 13.1. The average molecular weight is 453 g/mol. The fourth-order valence-electron chi connectivity index (χ4n) is 3.96. The van der Waals surface area contributed by atoms with Gasteiger partial charge in [-0.2, -0.15) is 5.10 Å². The first-order chi connectivity index (χ1) is 15.9. The van der Waals surface area contributed by atoms with Crippen molar-refractivity contribution in [1.82, 2.24) is 5.32 Å². The molecule has 0 radical (unpaired) electrons. The van der Waals surface area contributed by atoms with Crippen molar-refractivity contribution < 1.29 is 24.2 Å². The highest BCUT2D eigenvalue weighted by atomic mass is 16.5. The maximum absolute atomic E-state index is 13.1. The summed E-state index contributed by atoms with van der Waals surface area (Å²) in [5.74, 6) is 3.84. The van der Waals surface area contributed by atoms with Crippen molar-refractivity contribution in [2.45, 2.75) is 31.7 Å². The van der Waals surface area contributed by atoms with Crippen LogP contribution in [0.25, 0.3) is 0 Å². The van der Waals surface area contributed by atoms with E-state index in [0.29, 0.717) is 24.3 Å². The fourth-order valence-corrected chi connectivity index (χ4v) is 3.96. The number of benzene rings is 2. The van der Waals surface area contributed by atoms with Gasteiger partial charge in [0, 0.05) is 24.6 Å². The Bertz CT molecular complexity index is 1000. The van der Waals surface area contributed by atoms with Crippen molar-refractivity contribution in [2.24, 2.45) is 16.9 Å². The van der Waals surface area contributed by atoms with Crippen LogP contribution in [0.5, 0.6) is 5.75 Å². The fraction of sp³-hybridized carbons (Fsp3) is 0.333. The minimum atomic E-state index is -1.03. The Kier molecular flexibility index (Phi) is 8.01.